The van der Waals surface area contributed by atoms with Crippen LogP contribution in [-0.4, -0.2) is 50.8 Å². The number of para-hydroxylation sites is 1. The van der Waals surface area contributed by atoms with Gasteiger partial charge in [-0.2, -0.15) is 0 Å². The first-order chi connectivity index (χ1) is 19.2. The number of carbonyl (C=O) groups excluding carboxylic acids is 2. The number of aliphatic hydroxyl groups excluding tert-OH is 1. The Bertz CT molecular complexity index is 1400. The largest absolute Gasteiger partial charge is 0.451 e. The minimum Gasteiger partial charge on any atom is -0.451 e. The van der Waals surface area contributed by atoms with E-state index in [1.807, 2.05) is 46.1 Å². The molecule has 1 aliphatic heterocycles. The molecule has 0 spiro atoms. The molecular weight excluding hydrogens is 532 g/mol. The van der Waals surface area contributed by atoms with E-state index < -0.39 is 41.2 Å². The highest BCUT2D eigenvalue weighted by atomic mass is 19.1. The highest BCUT2D eigenvalue weighted by Crippen LogP contribution is 2.36. The maximum Gasteiger partial charge on any atom is 0.410 e. The topological polar surface area (TPSA) is 93.0 Å². The van der Waals surface area contributed by atoms with E-state index >= 15 is 0 Å². The molecule has 0 radical (unpaired) electrons. The summed E-state index contributed by atoms with van der Waals surface area (Å²) in [5, 5.41) is 13.4. The normalized spacial score (nSPS) is 15.6. The molecule has 1 fully saturated rings. The smallest absolute Gasteiger partial charge is 0.410 e. The molecule has 1 aliphatic rings. The number of nitrogens with zero attached hydrogens (tertiary/aromatic N) is 2. The fourth-order valence-electron chi connectivity index (χ4n) is 4.79. The second-order valence-corrected chi connectivity index (χ2v) is 12.2. The molecule has 1 saturated heterocycles. The minimum atomic E-state index is -0.822. The lowest BCUT2D eigenvalue weighted by Gasteiger charge is -2.25. The average Bonchev–Trinajstić information content (AvgIpc) is 3.50. The maximum absolute atomic E-state index is 14.1. The van der Waals surface area contributed by atoms with Crippen LogP contribution in [0.5, 0.6) is 11.5 Å². The van der Waals surface area contributed by atoms with Crippen LogP contribution in [-0.2, 0) is 11.3 Å². The van der Waals surface area contributed by atoms with Gasteiger partial charge in [0.1, 0.15) is 11.4 Å². The number of aliphatic hydroxyl groups is 1. The molecule has 0 saturated carbocycles. The van der Waals surface area contributed by atoms with Crippen molar-refractivity contribution in [2.45, 2.75) is 71.8 Å². The van der Waals surface area contributed by atoms with Gasteiger partial charge >= 0.3 is 6.09 Å². The number of rotatable bonds is 6. The van der Waals surface area contributed by atoms with Crippen molar-refractivity contribution >= 4 is 12.0 Å². The summed E-state index contributed by atoms with van der Waals surface area (Å²) in [5.74, 6) is -2.29. The van der Waals surface area contributed by atoms with Crippen molar-refractivity contribution in [3.05, 3.63) is 71.6 Å². The number of benzene rings is 2. The third-order valence-electron chi connectivity index (χ3n) is 6.52. The van der Waals surface area contributed by atoms with Gasteiger partial charge < -0.3 is 29.4 Å². The van der Waals surface area contributed by atoms with Crippen LogP contribution in [0.3, 0.4) is 0 Å². The standard InChI is InChI=1S/C31H37F2N3O5/c1-30(2,3)34-28(38)26-22(19-10-12-21(13-11-19)40-27-23(32)8-7-9-24(27)33)17-36(25(26)18-37)20-14-15-35(16-20)29(39)41-31(4,5)6/h7-13,17,20,37H,14-16,18H2,1-6H3,(H,34,38). The molecule has 2 N–H and O–H groups in total. The number of hydrogen-bond donors (Lipinski definition) is 2. The summed E-state index contributed by atoms with van der Waals surface area (Å²) in [5.41, 5.74) is 0.776. The molecule has 220 valence electrons. The summed E-state index contributed by atoms with van der Waals surface area (Å²) in [6.07, 6.45) is 2.01. The van der Waals surface area contributed by atoms with Crippen LogP contribution < -0.4 is 10.1 Å². The van der Waals surface area contributed by atoms with Gasteiger partial charge in [-0.15, -0.1) is 0 Å². The number of aromatic nitrogens is 1. The molecule has 2 aromatic carbocycles. The Labute approximate surface area is 238 Å². The van der Waals surface area contributed by atoms with Gasteiger partial charge in [0.15, 0.2) is 17.4 Å². The van der Waals surface area contributed by atoms with Crippen LogP contribution in [0.4, 0.5) is 13.6 Å². The number of likely N-dealkylation sites (tertiary alicyclic amines) is 1. The van der Waals surface area contributed by atoms with Crippen LogP contribution in [0.2, 0.25) is 0 Å². The van der Waals surface area contributed by atoms with E-state index in [4.69, 9.17) is 9.47 Å². The molecule has 3 aromatic rings. The molecule has 4 rings (SSSR count). The highest BCUT2D eigenvalue weighted by molar-refractivity contribution is 6.02. The predicted molar refractivity (Wildman–Crippen MR) is 151 cm³/mol. The van der Waals surface area contributed by atoms with Crippen molar-refractivity contribution in [3.8, 4) is 22.6 Å². The second-order valence-electron chi connectivity index (χ2n) is 12.2. The van der Waals surface area contributed by atoms with Crippen molar-refractivity contribution in [1.29, 1.82) is 0 Å². The molecule has 1 unspecified atom stereocenters. The predicted octanol–water partition coefficient (Wildman–Crippen LogP) is 6.43. The van der Waals surface area contributed by atoms with Crippen molar-refractivity contribution in [1.82, 2.24) is 14.8 Å². The Balaban J connectivity index is 1.69. The quantitative estimate of drug-likeness (QED) is 0.357. The lowest BCUT2D eigenvalue weighted by Crippen LogP contribution is -2.41. The Morgan fingerprint density at radius 3 is 2.22 bits per heavy atom. The fraction of sp³-hybridized carbons (Fsp3) is 0.419. The minimum absolute atomic E-state index is 0.189. The van der Waals surface area contributed by atoms with Gasteiger partial charge in [-0.1, -0.05) is 18.2 Å². The van der Waals surface area contributed by atoms with Gasteiger partial charge in [0.05, 0.1) is 23.9 Å². The molecule has 8 nitrogen and oxygen atoms in total. The molecule has 2 amide bonds. The summed E-state index contributed by atoms with van der Waals surface area (Å²) in [6, 6.07) is 9.77. The second kappa shape index (κ2) is 11.5. The number of hydrogen-bond acceptors (Lipinski definition) is 5. The van der Waals surface area contributed by atoms with Crippen molar-refractivity contribution in [2.24, 2.45) is 0 Å². The molecule has 1 atom stereocenters. The van der Waals surface area contributed by atoms with E-state index in [-0.39, 0.29) is 17.7 Å². The van der Waals surface area contributed by atoms with Crippen molar-refractivity contribution in [2.75, 3.05) is 13.1 Å². The van der Waals surface area contributed by atoms with E-state index in [1.54, 1.807) is 35.4 Å². The van der Waals surface area contributed by atoms with Crippen molar-refractivity contribution < 1.29 is 33.0 Å². The van der Waals surface area contributed by atoms with Gasteiger partial charge in [-0.3, -0.25) is 4.79 Å². The van der Waals surface area contributed by atoms with E-state index in [2.05, 4.69) is 5.32 Å². The van der Waals surface area contributed by atoms with E-state index in [9.17, 15) is 23.5 Å². The maximum atomic E-state index is 14.1. The number of halogens is 2. The number of carbonyl (C=O) groups is 2. The zero-order valence-corrected chi connectivity index (χ0v) is 24.3. The van der Waals surface area contributed by atoms with E-state index in [1.165, 1.54) is 6.07 Å². The van der Waals surface area contributed by atoms with Gasteiger partial charge in [-0.05, 0) is 77.8 Å². The van der Waals surface area contributed by atoms with Crippen molar-refractivity contribution in [3.63, 3.8) is 0 Å². The monoisotopic (exact) mass is 569 g/mol. The lowest BCUT2D eigenvalue weighted by molar-refractivity contribution is 0.0288. The first-order valence-electron chi connectivity index (χ1n) is 13.5. The Morgan fingerprint density at radius 2 is 1.66 bits per heavy atom. The molecule has 0 bridgehead atoms. The molecule has 41 heavy (non-hydrogen) atoms. The highest BCUT2D eigenvalue weighted by Gasteiger charge is 2.34. The van der Waals surface area contributed by atoms with Crippen LogP contribution in [0, 0.1) is 11.6 Å². The average molecular weight is 570 g/mol. The van der Waals surface area contributed by atoms with Gasteiger partial charge in [0.2, 0.25) is 0 Å². The van der Waals surface area contributed by atoms with E-state index in [0.29, 0.717) is 41.9 Å². The summed E-state index contributed by atoms with van der Waals surface area (Å²) in [4.78, 5) is 27.8. The summed E-state index contributed by atoms with van der Waals surface area (Å²) in [7, 11) is 0. The molecule has 1 aromatic heterocycles. The first kappa shape index (κ1) is 30.0. The van der Waals surface area contributed by atoms with Gasteiger partial charge in [0.25, 0.3) is 5.91 Å². The van der Waals surface area contributed by atoms with Crippen LogP contribution in [0.1, 0.15) is 70.1 Å². The number of nitrogens with one attached hydrogen (secondary N) is 1. The molecule has 0 aliphatic carbocycles. The first-order valence-corrected chi connectivity index (χ1v) is 13.5. The SMILES string of the molecule is CC(C)(C)NC(=O)c1c(-c2ccc(Oc3c(F)cccc3F)cc2)cn(C2CCN(C(=O)OC(C)(C)C)C2)c1CO. The zero-order valence-electron chi connectivity index (χ0n) is 24.3. The van der Waals surface area contributed by atoms with Gasteiger partial charge in [-0.25, -0.2) is 13.6 Å². The number of ether oxygens (including phenoxy) is 2. The van der Waals surface area contributed by atoms with Crippen LogP contribution in [0.15, 0.2) is 48.7 Å². The third kappa shape index (κ3) is 7.05. The van der Waals surface area contributed by atoms with Gasteiger partial charge in [0, 0.05) is 30.4 Å². The molecular formula is C31H37F2N3O5. The summed E-state index contributed by atoms with van der Waals surface area (Å²) >= 11 is 0. The zero-order chi connectivity index (χ0) is 30.1. The third-order valence-corrected chi connectivity index (χ3v) is 6.52. The summed E-state index contributed by atoms with van der Waals surface area (Å²) in [6.45, 7) is 11.5. The Morgan fingerprint density at radius 1 is 1.02 bits per heavy atom. The fourth-order valence-corrected chi connectivity index (χ4v) is 4.79. The Hall–Kier alpha value is -3.92. The van der Waals surface area contributed by atoms with Crippen LogP contribution in [0.25, 0.3) is 11.1 Å². The van der Waals surface area contributed by atoms with E-state index in [0.717, 1.165) is 12.1 Å². The molecule has 2 heterocycles. The Kier molecular flexibility index (Phi) is 8.44. The number of amides is 2. The lowest BCUT2D eigenvalue weighted by atomic mass is 10.0. The summed E-state index contributed by atoms with van der Waals surface area (Å²) < 4.78 is 41.0. The molecule has 10 heteroatoms. The van der Waals surface area contributed by atoms with Crippen LogP contribution >= 0.6 is 0 Å².